The van der Waals surface area contributed by atoms with Crippen molar-refractivity contribution in [2.75, 3.05) is 0 Å². The molecule has 2 aromatic carbocycles. The summed E-state index contributed by atoms with van der Waals surface area (Å²) in [5, 5.41) is 2.62. The molecule has 0 atom stereocenters. The van der Waals surface area contributed by atoms with Gasteiger partial charge >= 0.3 is 0 Å². The summed E-state index contributed by atoms with van der Waals surface area (Å²) in [5.74, 6) is 0. The number of H-pyrrole nitrogens is 1. The molecule has 1 aromatic heterocycles. The number of nitrogens with one attached hydrogen (secondary N) is 1. The van der Waals surface area contributed by atoms with Crippen LogP contribution in [0.25, 0.3) is 27.4 Å². The lowest BCUT2D eigenvalue weighted by atomic mass is 10.0. The van der Waals surface area contributed by atoms with Gasteiger partial charge in [0, 0.05) is 22.7 Å². The van der Waals surface area contributed by atoms with Crippen LogP contribution in [-0.4, -0.2) is 4.98 Å². The van der Waals surface area contributed by atoms with E-state index in [1.165, 1.54) is 44.1 Å². The van der Waals surface area contributed by atoms with Crippen molar-refractivity contribution in [1.82, 2.24) is 4.98 Å². The van der Waals surface area contributed by atoms with Crippen LogP contribution < -0.4 is 0 Å². The van der Waals surface area contributed by atoms with E-state index in [1.807, 2.05) is 6.08 Å². The van der Waals surface area contributed by atoms with E-state index in [4.69, 9.17) is 0 Å². The standard InChI is InChI=1S/C20H17N/c1-3-7-13-12-18-15(14(13)4-2)10-11-17-16-8-5-6-9-19(16)21-20(17)18/h3-11,21H,2,12H2,1H3/b7-3-. The van der Waals surface area contributed by atoms with E-state index in [0.717, 1.165) is 6.42 Å². The SMILES string of the molecule is C=CC1=C(/C=C\C)Cc2c1ccc1c2[nH]c2ccccc21. The van der Waals surface area contributed by atoms with E-state index < -0.39 is 0 Å². The lowest BCUT2D eigenvalue weighted by Crippen LogP contribution is -1.86. The Morgan fingerprint density at radius 3 is 2.76 bits per heavy atom. The van der Waals surface area contributed by atoms with Gasteiger partial charge in [-0.3, -0.25) is 0 Å². The van der Waals surface area contributed by atoms with Gasteiger partial charge in [-0.25, -0.2) is 0 Å². The van der Waals surface area contributed by atoms with Gasteiger partial charge in [0.2, 0.25) is 0 Å². The van der Waals surface area contributed by atoms with Crippen LogP contribution in [0.4, 0.5) is 0 Å². The molecule has 0 saturated heterocycles. The zero-order valence-corrected chi connectivity index (χ0v) is 12.1. The molecular weight excluding hydrogens is 254 g/mol. The van der Waals surface area contributed by atoms with Crippen molar-refractivity contribution in [3.05, 3.63) is 77.9 Å². The highest BCUT2D eigenvalue weighted by Gasteiger charge is 2.21. The molecule has 1 aliphatic carbocycles. The second kappa shape index (κ2) is 4.49. The van der Waals surface area contributed by atoms with Crippen LogP contribution in [0.5, 0.6) is 0 Å². The minimum Gasteiger partial charge on any atom is -0.354 e. The maximum atomic E-state index is 3.99. The number of hydrogen-bond donors (Lipinski definition) is 1. The van der Waals surface area contributed by atoms with Gasteiger partial charge in [-0.2, -0.15) is 0 Å². The summed E-state index contributed by atoms with van der Waals surface area (Å²) in [6.07, 6.45) is 7.26. The number of aromatic amines is 1. The minimum absolute atomic E-state index is 0.977. The van der Waals surface area contributed by atoms with Crippen LogP contribution in [0, 0.1) is 0 Å². The summed E-state index contributed by atoms with van der Waals surface area (Å²) in [7, 11) is 0. The molecule has 21 heavy (non-hydrogen) atoms. The van der Waals surface area contributed by atoms with Crippen molar-refractivity contribution in [2.45, 2.75) is 13.3 Å². The molecule has 1 aliphatic rings. The highest BCUT2D eigenvalue weighted by atomic mass is 14.7. The number of para-hydroxylation sites is 1. The predicted octanol–water partition coefficient (Wildman–Crippen LogP) is 5.39. The van der Waals surface area contributed by atoms with E-state index in [2.05, 4.69) is 67.0 Å². The number of hydrogen-bond acceptors (Lipinski definition) is 0. The Hall–Kier alpha value is -2.54. The van der Waals surface area contributed by atoms with Gasteiger partial charge in [0.15, 0.2) is 0 Å². The molecule has 1 N–H and O–H groups in total. The topological polar surface area (TPSA) is 15.8 Å². The summed E-state index contributed by atoms with van der Waals surface area (Å²) < 4.78 is 0. The average molecular weight is 271 g/mol. The molecule has 0 fully saturated rings. The van der Waals surface area contributed by atoms with Crippen molar-refractivity contribution in [1.29, 1.82) is 0 Å². The third-order valence-corrected chi connectivity index (χ3v) is 4.37. The smallest absolute Gasteiger partial charge is 0.0507 e. The molecular formula is C20H17N. The first-order valence-corrected chi connectivity index (χ1v) is 7.34. The number of benzene rings is 2. The fraction of sp³-hybridized carbons (Fsp3) is 0.100. The van der Waals surface area contributed by atoms with Crippen molar-refractivity contribution >= 4 is 27.4 Å². The number of fused-ring (bicyclic) bond motifs is 5. The van der Waals surface area contributed by atoms with E-state index in [9.17, 15) is 0 Å². The van der Waals surface area contributed by atoms with Crippen molar-refractivity contribution in [3.8, 4) is 0 Å². The van der Waals surface area contributed by atoms with Gasteiger partial charge in [-0.05, 0) is 35.3 Å². The highest BCUT2D eigenvalue weighted by molar-refractivity contribution is 6.10. The monoisotopic (exact) mass is 271 g/mol. The summed E-state index contributed by atoms with van der Waals surface area (Å²) in [6.45, 7) is 6.06. The van der Waals surface area contributed by atoms with E-state index in [-0.39, 0.29) is 0 Å². The summed E-state index contributed by atoms with van der Waals surface area (Å²) in [5.41, 5.74) is 7.81. The van der Waals surface area contributed by atoms with Crippen LogP contribution in [0.3, 0.4) is 0 Å². The van der Waals surface area contributed by atoms with Crippen molar-refractivity contribution in [2.24, 2.45) is 0 Å². The van der Waals surface area contributed by atoms with Gasteiger partial charge in [-0.15, -0.1) is 0 Å². The number of rotatable bonds is 2. The summed E-state index contributed by atoms with van der Waals surface area (Å²) >= 11 is 0. The molecule has 3 aromatic rings. The molecule has 102 valence electrons. The molecule has 0 radical (unpaired) electrons. The first-order chi connectivity index (χ1) is 10.3. The van der Waals surface area contributed by atoms with Gasteiger partial charge in [0.05, 0.1) is 5.52 Å². The first-order valence-electron chi connectivity index (χ1n) is 7.34. The molecule has 0 amide bonds. The molecule has 1 heterocycles. The molecule has 0 bridgehead atoms. The zero-order chi connectivity index (χ0) is 14.4. The van der Waals surface area contributed by atoms with Crippen molar-refractivity contribution in [3.63, 3.8) is 0 Å². The van der Waals surface area contributed by atoms with Gasteiger partial charge in [0.1, 0.15) is 0 Å². The molecule has 0 unspecified atom stereocenters. The Bertz CT molecular complexity index is 935. The Morgan fingerprint density at radius 2 is 1.95 bits per heavy atom. The quantitative estimate of drug-likeness (QED) is 0.643. The fourth-order valence-electron chi connectivity index (χ4n) is 3.46. The molecule has 0 aliphatic heterocycles. The van der Waals surface area contributed by atoms with E-state index in [0.29, 0.717) is 0 Å². The maximum Gasteiger partial charge on any atom is 0.0507 e. The Morgan fingerprint density at radius 1 is 1.10 bits per heavy atom. The van der Waals surface area contributed by atoms with Gasteiger partial charge in [-0.1, -0.05) is 55.1 Å². The van der Waals surface area contributed by atoms with Crippen LogP contribution in [0.15, 0.2) is 66.8 Å². The minimum atomic E-state index is 0.977. The fourth-order valence-corrected chi connectivity index (χ4v) is 3.46. The first kappa shape index (κ1) is 12.2. The van der Waals surface area contributed by atoms with Crippen LogP contribution in [0.1, 0.15) is 18.1 Å². The lowest BCUT2D eigenvalue weighted by Gasteiger charge is -2.03. The molecule has 1 heteroatoms. The Labute approximate surface area is 124 Å². The second-order valence-corrected chi connectivity index (χ2v) is 5.50. The van der Waals surface area contributed by atoms with Gasteiger partial charge < -0.3 is 4.98 Å². The third kappa shape index (κ3) is 1.64. The Kier molecular flexibility index (Phi) is 2.61. The molecule has 0 saturated carbocycles. The zero-order valence-electron chi connectivity index (χ0n) is 12.1. The second-order valence-electron chi connectivity index (χ2n) is 5.50. The molecule has 1 nitrogen and oxygen atoms in total. The predicted molar refractivity (Wildman–Crippen MR) is 91.4 cm³/mol. The third-order valence-electron chi connectivity index (χ3n) is 4.37. The number of allylic oxidation sites excluding steroid dienone is 5. The van der Waals surface area contributed by atoms with Crippen molar-refractivity contribution < 1.29 is 0 Å². The molecule has 0 spiro atoms. The lowest BCUT2D eigenvalue weighted by molar-refractivity contribution is 1.25. The van der Waals surface area contributed by atoms with Crippen LogP contribution in [0.2, 0.25) is 0 Å². The normalized spacial score (nSPS) is 14.5. The van der Waals surface area contributed by atoms with E-state index >= 15 is 0 Å². The Balaban J connectivity index is 2.04. The van der Waals surface area contributed by atoms with Crippen LogP contribution in [-0.2, 0) is 6.42 Å². The van der Waals surface area contributed by atoms with Gasteiger partial charge in [0.25, 0.3) is 0 Å². The summed E-state index contributed by atoms with van der Waals surface area (Å²) in [6, 6.07) is 13.0. The van der Waals surface area contributed by atoms with E-state index in [1.54, 1.807) is 0 Å². The highest BCUT2D eigenvalue weighted by Crippen LogP contribution is 2.40. The summed E-state index contributed by atoms with van der Waals surface area (Å²) in [4.78, 5) is 3.60. The maximum absolute atomic E-state index is 3.99. The molecule has 4 rings (SSSR count). The number of aromatic nitrogens is 1. The van der Waals surface area contributed by atoms with Crippen LogP contribution >= 0.6 is 0 Å². The average Bonchev–Trinajstić information content (AvgIpc) is 3.04. The largest absolute Gasteiger partial charge is 0.354 e.